The van der Waals surface area contributed by atoms with E-state index in [0.717, 1.165) is 5.39 Å². The molecule has 0 amide bonds. The van der Waals surface area contributed by atoms with Crippen molar-refractivity contribution in [2.24, 2.45) is 0 Å². The van der Waals surface area contributed by atoms with Crippen LogP contribution in [0.5, 0.6) is 0 Å². The zero-order valence-corrected chi connectivity index (χ0v) is 25.2. The molecule has 214 valence electrons. The Bertz CT molecular complexity index is 2350. The quantitative estimate of drug-likeness (QED) is 0.188. The third kappa shape index (κ3) is 4.29. The van der Waals surface area contributed by atoms with E-state index in [1.807, 2.05) is 12.4 Å². The molecular weight excluding hydrogens is 555 g/mol. The van der Waals surface area contributed by atoms with Gasteiger partial charge in [0.2, 0.25) is 0 Å². The number of nitrogens with zero attached hydrogens (tertiary/aromatic N) is 1. The second-order valence-corrected chi connectivity index (χ2v) is 11.9. The summed E-state index contributed by atoms with van der Waals surface area (Å²) < 4.78 is 0. The van der Waals surface area contributed by atoms with Gasteiger partial charge in [0.1, 0.15) is 0 Å². The number of hydrogen-bond donors (Lipinski definition) is 0. The van der Waals surface area contributed by atoms with E-state index in [-0.39, 0.29) is 0 Å². The number of aromatic nitrogens is 1. The third-order valence-corrected chi connectivity index (χ3v) is 9.33. The van der Waals surface area contributed by atoms with E-state index in [1.165, 1.54) is 82.2 Å². The lowest BCUT2D eigenvalue weighted by Crippen LogP contribution is -1.92. The Kier molecular flexibility index (Phi) is 6.21. The highest BCUT2D eigenvalue weighted by molar-refractivity contribution is 6.21. The molecular formula is C45H29N. The van der Waals surface area contributed by atoms with Crippen LogP contribution in [-0.2, 0) is 0 Å². The van der Waals surface area contributed by atoms with Crippen molar-refractivity contribution in [3.05, 3.63) is 176 Å². The first-order valence-electron chi connectivity index (χ1n) is 15.8. The highest BCUT2D eigenvalue weighted by Crippen LogP contribution is 2.45. The van der Waals surface area contributed by atoms with Crippen molar-refractivity contribution in [1.82, 2.24) is 4.98 Å². The lowest BCUT2D eigenvalue weighted by Gasteiger charge is -2.18. The van der Waals surface area contributed by atoms with Gasteiger partial charge in [-0.05, 0) is 100 Å². The fourth-order valence-corrected chi connectivity index (χ4v) is 7.28. The normalized spacial score (nSPS) is 11.5. The van der Waals surface area contributed by atoms with Crippen LogP contribution in [0.15, 0.2) is 176 Å². The van der Waals surface area contributed by atoms with Crippen LogP contribution in [0.25, 0.3) is 87.6 Å². The van der Waals surface area contributed by atoms with Crippen LogP contribution >= 0.6 is 0 Å². The molecule has 9 rings (SSSR count). The van der Waals surface area contributed by atoms with E-state index >= 15 is 0 Å². The molecule has 0 spiro atoms. The summed E-state index contributed by atoms with van der Waals surface area (Å²) in [6.07, 6.45) is 3.96. The van der Waals surface area contributed by atoms with E-state index in [4.69, 9.17) is 0 Å². The molecule has 0 saturated carbocycles. The average molecular weight is 584 g/mol. The molecule has 0 N–H and O–H groups in total. The Hall–Kier alpha value is -6.05. The Balaban J connectivity index is 1.28. The fraction of sp³-hybridized carbons (Fsp3) is 0. The van der Waals surface area contributed by atoms with Crippen LogP contribution in [0.4, 0.5) is 0 Å². The smallest absolute Gasteiger partial charge is 0.0353 e. The van der Waals surface area contributed by atoms with Gasteiger partial charge in [-0.3, -0.25) is 4.98 Å². The van der Waals surface area contributed by atoms with Gasteiger partial charge in [-0.25, -0.2) is 0 Å². The van der Waals surface area contributed by atoms with Crippen LogP contribution in [0.3, 0.4) is 0 Å². The number of fused-ring (bicyclic) bond motifs is 4. The summed E-state index contributed by atoms with van der Waals surface area (Å²) in [7, 11) is 0. The topological polar surface area (TPSA) is 12.9 Å². The van der Waals surface area contributed by atoms with Gasteiger partial charge in [0, 0.05) is 17.8 Å². The van der Waals surface area contributed by atoms with E-state index in [1.54, 1.807) is 0 Å². The van der Waals surface area contributed by atoms with Gasteiger partial charge >= 0.3 is 0 Å². The highest BCUT2D eigenvalue weighted by Gasteiger charge is 2.18. The fourth-order valence-electron chi connectivity index (χ4n) is 7.28. The van der Waals surface area contributed by atoms with E-state index < -0.39 is 0 Å². The summed E-state index contributed by atoms with van der Waals surface area (Å²) in [4.78, 5) is 4.66. The van der Waals surface area contributed by atoms with Crippen molar-refractivity contribution in [2.45, 2.75) is 0 Å². The molecule has 8 aromatic carbocycles. The maximum atomic E-state index is 4.66. The molecule has 0 atom stereocenters. The minimum Gasteiger partial charge on any atom is -0.264 e. The number of hydrogen-bond acceptors (Lipinski definition) is 1. The monoisotopic (exact) mass is 583 g/mol. The summed E-state index contributed by atoms with van der Waals surface area (Å²) in [5, 5.41) is 9.85. The van der Waals surface area contributed by atoms with Gasteiger partial charge in [-0.15, -0.1) is 0 Å². The lowest BCUT2D eigenvalue weighted by atomic mass is 9.85. The van der Waals surface area contributed by atoms with E-state index in [0.29, 0.717) is 0 Å². The standard InChI is InChI=1S/C45H29N/c1-3-19-36-30(11-1)13-9-23-38(36)32-15-7-17-34(27-32)44-40-21-5-6-22-41(40)45(43-29-46-26-25-42(43)44)35-18-8-16-33(28-35)39-24-10-14-31-12-2-4-20-37(31)39/h1-29H. The molecule has 0 aliphatic rings. The highest BCUT2D eigenvalue weighted by atomic mass is 14.6. The number of pyridine rings is 1. The van der Waals surface area contributed by atoms with Gasteiger partial charge in [0.25, 0.3) is 0 Å². The Labute approximate surface area is 268 Å². The molecule has 0 bridgehead atoms. The maximum Gasteiger partial charge on any atom is 0.0353 e. The first-order valence-corrected chi connectivity index (χ1v) is 15.8. The first-order chi connectivity index (χ1) is 22.8. The first kappa shape index (κ1) is 26.4. The van der Waals surface area contributed by atoms with Crippen molar-refractivity contribution < 1.29 is 0 Å². The van der Waals surface area contributed by atoms with Gasteiger partial charge in [0.15, 0.2) is 0 Å². The Morgan fingerprint density at radius 2 is 0.717 bits per heavy atom. The molecule has 0 fully saturated rings. The average Bonchev–Trinajstić information content (AvgIpc) is 3.13. The molecule has 0 radical (unpaired) electrons. The van der Waals surface area contributed by atoms with E-state index in [9.17, 15) is 0 Å². The second kappa shape index (κ2) is 10.8. The largest absolute Gasteiger partial charge is 0.264 e. The van der Waals surface area contributed by atoms with E-state index in [2.05, 4.69) is 169 Å². The van der Waals surface area contributed by atoms with Gasteiger partial charge in [0.05, 0.1) is 0 Å². The maximum absolute atomic E-state index is 4.66. The molecule has 0 unspecified atom stereocenters. The summed E-state index contributed by atoms with van der Waals surface area (Å²) >= 11 is 0. The SMILES string of the molecule is c1cc(-c2cccc3ccccc23)cc(-c2c3ccccc3c(-c3cccc(-c4cccc5ccccc45)c3)c3cnccc23)c1. The zero-order chi connectivity index (χ0) is 30.5. The molecule has 9 aromatic rings. The van der Waals surface area contributed by atoms with Crippen LogP contribution in [0.1, 0.15) is 0 Å². The minimum atomic E-state index is 1.15. The predicted molar refractivity (Wildman–Crippen MR) is 196 cm³/mol. The van der Waals surface area contributed by atoms with Gasteiger partial charge < -0.3 is 0 Å². The molecule has 0 aliphatic carbocycles. The summed E-state index contributed by atoms with van der Waals surface area (Å²) in [6.45, 7) is 0. The molecule has 0 saturated heterocycles. The molecule has 1 nitrogen and oxygen atoms in total. The molecule has 1 heterocycles. The number of benzene rings is 8. The Morgan fingerprint density at radius 3 is 1.28 bits per heavy atom. The van der Waals surface area contributed by atoms with Crippen molar-refractivity contribution in [3.8, 4) is 44.5 Å². The van der Waals surface area contributed by atoms with Crippen molar-refractivity contribution in [3.63, 3.8) is 0 Å². The molecule has 1 heteroatoms. The van der Waals surface area contributed by atoms with Crippen molar-refractivity contribution in [2.75, 3.05) is 0 Å². The number of rotatable bonds is 4. The summed E-state index contributed by atoms with van der Waals surface area (Å²) in [6, 6.07) is 59.4. The second-order valence-electron chi connectivity index (χ2n) is 11.9. The van der Waals surface area contributed by atoms with Crippen molar-refractivity contribution >= 4 is 43.1 Å². The minimum absolute atomic E-state index is 1.15. The predicted octanol–water partition coefficient (Wildman–Crippen LogP) is 12.4. The van der Waals surface area contributed by atoms with Gasteiger partial charge in [-0.1, -0.05) is 146 Å². The molecule has 0 aliphatic heterocycles. The molecule has 1 aromatic heterocycles. The molecule has 46 heavy (non-hydrogen) atoms. The lowest BCUT2D eigenvalue weighted by molar-refractivity contribution is 1.37. The summed E-state index contributed by atoms with van der Waals surface area (Å²) in [5.41, 5.74) is 9.77. The van der Waals surface area contributed by atoms with Crippen molar-refractivity contribution in [1.29, 1.82) is 0 Å². The third-order valence-electron chi connectivity index (χ3n) is 9.33. The van der Waals surface area contributed by atoms with Crippen LogP contribution in [0, 0.1) is 0 Å². The Morgan fingerprint density at radius 1 is 0.304 bits per heavy atom. The van der Waals surface area contributed by atoms with Crippen LogP contribution in [0.2, 0.25) is 0 Å². The van der Waals surface area contributed by atoms with Gasteiger partial charge in [-0.2, -0.15) is 0 Å². The zero-order valence-electron chi connectivity index (χ0n) is 25.2. The van der Waals surface area contributed by atoms with Crippen LogP contribution in [-0.4, -0.2) is 4.98 Å². The van der Waals surface area contributed by atoms with Crippen LogP contribution < -0.4 is 0 Å². The summed E-state index contributed by atoms with van der Waals surface area (Å²) in [5.74, 6) is 0.